The van der Waals surface area contributed by atoms with E-state index in [1.54, 1.807) is 7.11 Å². The Morgan fingerprint density at radius 1 is 0.364 bits per heavy atom. The molecule has 6 aromatic carbocycles. The molecule has 2 fully saturated rings. The normalized spacial score (nSPS) is 25.4. The molecular weight excluding hydrogens is 837 g/mol. The summed E-state index contributed by atoms with van der Waals surface area (Å²) in [5.41, 5.74) is 5.81. The van der Waals surface area contributed by atoms with Gasteiger partial charge in [0.2, 0.25) is 0 Å². The van der Waals surface area contributed by atoms with Gasteiger partial charge in [0.1, 0.15) is 48.8 Å². The summed E-state index contributed by atoms with van der Waals surface area (Å²) in [4.78, 5) is 0. The maximum Gasteiger partial charge on any atom is 0.187 e. The number of ether oxygens (including phenoxy) is 10. The van der Waals surface area contributed by atoms with Crippen molar-refractivity contribution in [3.63, 3.8) is 0 Å². The number of hydrogen-bond acceptors (Lipinski definition) is 11. The second kappa shape index (κ2) is 25.1. The lowest BCUT2D eigenvalue weighted by Crippen LogP contribution is -2.66. The summed E-state index contributed by atoms with van der Waals surface area (Å²) in [6.45, 7) is 1.80. The topological polar surface area (TPSA) is 113 Å². The third-order valence-corrected chi connectivity index (χ3v) is 11.7. The third kappa shape index (κ3) is 13.5. The van der Waals surface area contributed by atoms with Gasteiger partial charge < -0.3 is 52.5 Å². The highest BCUT2D eigenvalue weighted by molar-refractivity contribution is 5.18. The van der Waals surface area contributed by atoms with Gasteiger partial charge in [0.25, 0.3) is 0 Å². The fourth-order valence-electron chi connectivity index (χ4n) is 8.22. The number of benzene rings is 6. The minimum atomic E-state index is -1.34. The van der Waals surface area contributed by atoms with Crippen LogP contribution in [0.1, 0.15) is 33.4 Å². The van der Waals surface area contributed by atoms with Crippen molar-refractivity contribution in [2.75, 3.05) is 20.3 Å². The first-order valence-electron chi connectivity index (χ1n) is 22.6. The fourth-order valence-corrected chi connectivity index (χ4v) is 8.22. The molecule has 11 heteroatoms. The van der Waals surface area contributed by atoms with Crippen LogP contribution in [0.5, 0.6) is 0 Å². The lowest BCUT2D eigenvalue weighted by atomic mass is 9.96. The molecule has 0 unspecified atom stereocenters. The molecule has 0 radical (unpaired) electrons. The van der Waals surface area contributed by atoms with Gasteiger partial charge in [0.05, 0.1) is 52.9 Å². The van der Waals surface area contributed by atoms with Crippen molar-refractivity contribution in [1.29, 1.82) is 0 Å². The van der Waals surface area contributed by atoms with Gasteiger partial charge in [-0.1, -0.05) is 182 Å². The summed E-state index contributed by atoms with van der Waals surface area (Å²) >= 11 is 0. The average molecular weight is 897 g/mol. The number of hydrogen-bond donors (Lipinski definition) is 1. The van der Waals surface area contributed by atoms with Crippen LogP contribution >= 0.6 is 0 Å². The Morgan fingerprint density at radius 2 is 0.682 bits per heavy atom. The number of aliphatic hydroxyl groups is 1. The molecule has 10 atom stereocenters. The Bertz CT molecular complexity index is 2220. The number of aliphatic hydroxyl groups excluding tert-OH is 1. The molecule has 0 saturated carbocycles. The fraction of sp³-hybridized carbons (Fsp3) is 0.345. The first-order chi connectivity index (χ1) is 32.6. The van der Waals surface area contributed by atoms with Gasteiger partial charge >= 0.3 is 0 Å². The molecular formula is C55H60O11. The highest BCUT2D eigenvalue weighted by Gasteiger charge is 2.54. The first kappa shape index (κ1) is 47.4. The SMILES string of the molecule is CO[C@@H]1O[C@H](COCc2ccccc2)[C@@H](O[C@@H]2O[C@H](COCc3ccccc3)[C@@H](OCc3ccccc3)[C@H](OCc3ccccc3)[C@H]2O)[C@H](OCc2ccccc2)[C@H]1OCc1ccccc1. The molecule has 2 aliphatic rings. The number of methoxy groups -OCH3 is 1. The molecule has 2 heterocycles. The summed E-state index contributed by atoms with van der Waals surface area (Å²) in [5, 5.41) is 12.6. The van der Waals surface area contributed by atoms with Crippen molar-refractivity contribution in [1.82, 2.24) is 0 Å². The molecule has 2 saturated heterocycles. The molecule has 66 heavy (non-hydrogen) atoms. The molecule has 2 aliphatic heterocycles. The molecule has 0 aliphatic carbocycles. The van der Waals surface area contributed by atoms with E-state index in [0.717, 1.165) is 33.4 Å². The van der Waals surface area contributed by atoms with Crippen molar-refractivity contribution >= 4 is 0 Å². The summed E-state index contributed by atoms with van der Waals surface area (Å²) in [6, 6.07) is 59.4. The second-order valence-corrected chi connectivity index (χ2v) is 16.5. The summed E-state index contributed by atoms with van der Waals surface area (Å²) in [6.07, 6.45) is -9.19. The molecule has 0 amide bonds. The van der Waals surface area contributed by atoms with E-state index in [4.69, 9.17) is 47.4 Å². The van der Waals surface area contributed by atoms with Crippen LogP contribution in [-0.2, 0) is 87.0 Å². The van der Waals surface area contributed by atoms with Crippen molar-refractivity contribution in [2.45, 2.75) is 101 Å². The molecule has 346 valence electrons. The lowest BCUT2D eigenvalue weighted by Gasteiger charge is -2.49. The smallest absolute Gasteiger partial charge is 0.187 e. The van der Waals surface area contributed by atoms with E-state index < -0.39 is 61.4 Å². The molecule has 6 aromatic rings. The van der Waals surface area contributed by atoms with Crippen LogP contribution in [0.2, 0.25) is 0 Å². The van der Waals surface area contributed by atoms with Crippen molar-refractivity contribution in [3.8, 4) is 0 Å². The molecule has 0 bridgehead atoms. The largest absolute Gasteiger partial charge is 0.385 e. The van der Waals surface area contributed by atoms with Crippen LogP contribution in [0.4, 0.5) is 0 Å². The van der Waals surface area contributed by atoms with Crippen LogP contribution in [0.15, 0.2) is 182 Å². The second-order valence-electron chi connectivity index (χ2n) is 16.5. The molecule has 0 spiro atoms. The highest BCUT2D eigenvalue weighted by Crippen LogP contribution is 2.35. The zero-order chi connectivity index (χ0) is 45.2. The maximum atomic E-state index is 12.6. The summed E-state index contributed by atoms with van der Waals surface area (Å²) in [7, 11) is 1.58. The highest BCUT2D eigenvalue weighted by atomic mass is 16.8. The monoisotopic (exact) mass is 896 g/mol. The predicted molar refractivity (Wildman–Crippen MR) is 247 cm³/mol. The van der Waals surface area contributed by atoms with E-state index in [2.05, 4.69) is 0 Å². The van der Waals surface area contributed by atoms with E-state index in [-0.39, 0.29) is 39.6 Å². The molecule has 11 nitrogen and oxygen atoms in total. The van der Waals surface area contributed by atoms with Crippen LogP contribution in [0.25, 0.3) is 0 Å². The first-order valence-corrected chi connectivity index (χ1v) is 22.6. The lowest BCUT2D eigenvalue weighted by molar-refractivity contribution is -0.372. The number of rotatable bonds is 23. The van der Waals surface area contributed by atoms with E-state index in [1.165, 1.54) is 0 Å². The van der Waals surface area contributed by atoms with Crippen LogP contribution < -0.4 is 0 Å². The Morgan fingerprint density at radius 3 is 1.08 bits per heavy atom. The molecule has 0 aromatic heterocycles. The zero-order valence-corrected chi connectivity index (χ0v) is 37.3. The van der Waals surface area contributed by atoms with Gasteiger partial charge in [-0.2, -0.15) is 0 Å². The summed E-state index contributed by atoms with van der Waals surface area (Å²) < 4.78 is 66.4. The molecule has 8 rings (SSSR count). The summed E-state index contributed by atoms with van der Waals surface area (Å²) in [5.74, 6) is 0. The Labute approximate surface area is 388 Å². The van der Waals surface area contributed by atoms with E-state index in [9.17, 15) is 5.11 Å². The Balaban J connectivity index is 1.12. The van der Waals surface area contributed by atoms with Crippen LogP contribution in [0.3, 0.4) is 0 Å². The standard InChI is InChI=1S/C55H60O11/c1-57-55-53(63-37-45-30-18-7-19-31-45)52(62-36-44-28-16-6-17-29-44)50(47(65-55)39-59-33-41-22-10-3-11-23-41)66-54-48(56)51(61-35-43-26-14-5-15-27-43)49(60-34-42-24-12-4-13-25-42)46(64-54)38-58-32-40-20-8-2-9-21-40/h2-31,46-56H,32-39H2,1H3/t46-,47-,48-,49-,50-,51-,52+,53-,54+,55-/m1/s1. The van der Waals surface area contributed by atoms with Crippen LogP contribution in [-0.4, -0.2) is 86.8 Å². The van der Waals surface area contributed by atoms with E-state index in [0.29, 0.717) is 13.2 Å². The van der Waals surface area contributed by atoms with Gasteiger partial charge in [0, 0.05) is 7.11 Å². The van der Waals surface area contributed by atoms with Crippen molar-refractivity contribution in [3.05, 3.63) is 215 Å². The zero-order valence-electron chi connectivity index (χ0n) is 37.3. The predicted octanol–water partition coefficient (Wildman–Crippen LogP) is 8.60. The Hall–Kier alpha value is -5.12. The average Bonchev–Trinajstić information content (AvgIpc) is 3.37. The van der Waals surface area contributed by atoms with Crippen molar-refractivity contribution < 1.29 is 52.5 Å². The minimum Gasteiger partial charge on any atom is -0.385 e. The minimum absolute atomic E-state index is 0.0964. The van der Waals surface area contributed by atoms with Gasteiger partial charge in [-0.25, -0.2) is 0 Å². The Kier molecular flexibility index (Phi) is 18.0. The third-order valence-electron chi connectivity index (χ3n) is 11.7. The quantitative estimate of drug-likeness (QED) is 0.0668. The van der Waals surface area contributed by atoms with Crippen molar-refractivity contribution in [2.24, 2.45) is 0 Å². The van der Waals surface area contributed by atoms with Gasteiger partial charge in [-0.05, 0) is 33.4 Å². The maximum absolute atomic E-state index is 12.6. The van der Waals surface area contributed by atoms with Crippen LogP contribution in [0, 0.1) is 0 Å². The van der Waals surface area contributed by atoms with E-state index >= 15 is 0 Å². The van der Waals surface area contributed by atoms with E-state index in [1.807, 2.05) is 182 Å². The van der Waals surface area contributed by atoms with Gasteiger partial charge in [0.15, 0.2) is 12.6 Å². The molecule has 1 N–H and O–H groups in total. The van der Waals surface area contributed by atoms with Gasteiger partial charge in [-0.15, -0.1) is 0 Å². The van der Waals surface area contributed by atoms with Gasteiger partial charge in [-0.3, -0.25) is 0 Å².